The number of ether oxygens (including phenoxy) is 1. The van der Waals surface area contributed by atoms with Crippen LogP contribution in [0.4, 0.5) is 11.4 Å². The van der Waals surface area contributed by atoms with Crippen LogP contribution in [0.15, 0.2) is 70.7 Å². The van der Waals surface area contributed by atoms with E-state index in [2.05, 4.69) is 26.6 Å². The molecule has 6 nitrogen and oxygen atoms in total. The van der Waals surface area contributed by atoms with Crippen molar-refractivity contribution < 1.29 is 14.3 Å². The van der Waals surface area contributed by atoms with Crippen molar-refractivity contribution in [3.8, 4) is 11.8 Å². The van der Waals surface area contributed by atoms with Gasteiger partial charge in [0.15, 0.2) is 6.61 Å². The molecule has 0 fully saturated rings. The first-order chi connectivity index (χ1) is 16.3. The Hall–Kier alpha value is -3.02. The van der Waals surface area contributed by atoms with Crippen molar-refractivity contribution in [3.63, 3.8) is 0 Å². The maximum atomic E-state index is 12.6. The lowest BCUT2D eigenvalue weighted by Gasteiger charge is -2.11. The Labute approximate surface area is 219 Å². The third-order valence-electron chi connectivity index (χ3n) is 4.32. The Morgan fingerprint density at radius 2 is 1.74 bits per heavy atom. The molecule has 3 rings (SSSR count). The van der Waals surface area contributed by atoms with Crippen LogP contribution in [0.5, 0.6) is 5.75 Å². The minimum atomic E-state index is -0.640. The van der Waals surface area contributed by atoms with E-state index in [0.29, 0.717) is 42.2 Å². The lowest BCUT2D eigenvalue weighted by molar-refractivity contribution is -0.118. The first-order valence-electron chi connectivity index (χ1n) is 9.61. The number of anilines is 2. The standard InChI is InChI=1S/C24H15BrCl3N3O3/c25-16-5-8-22(34-13-23(32)30-17-6-7-18(26)20(28)11-17)14(10-16)9-15(12-29)24(33)31-21-4-2-1-3-19(21)27/h1-11H,13H2,(H,30,32)(H,31,33)/b15-9+. The third kappa shape index (κ3) is 6.99. The predicted octanol–water partition coefficient (Wildman–Crippen LogP) is 6.97. The van der Waals surface area contributed by atoms with Gasteiger partial charge < -0.3 is 15.4 Å². The lowest BCUT2D eigenvalue weighted by atomic mass is 10.1. The molecule has 0 aliphatic rings. The molecule has 0 saturated carbocycles. The molecule has 0 bridgehead atoms. The average molecular weight is 580 g/mol. The average Bonchev–Trinajstić information content (AvgIpc) is 2.80. The van der Waals surface area contributed by atoms with Gasteiger partial charge >= 0.3 is 0 Å². The fraction of sp³-hybridized carbons (Fsp3) is 0.0417. The number of benzene rings is 3. The number of carbonyl (C=O) groups excluding carboxylic acids is 2. The maximum Gasteiger partial charge on any atom is 0.266 e. The van der Waals surface area contributed by atoms with Crippen molar-refractivity contribution in [3.05, 3.63) is 91.3 Å². The van der Waals surface area contributed by atoms with Crippen molar-refractivity contribution in [1.82, 2.24) is 0 Å². The highest BCUT2D eigenvalue weighted by atomic mass is 79.9. The van der Waals surface area contributed by atoms with Gasteiger partial charge in [-0.15, -0.1) is 0 Å². The van der Waals surface area contributed by atoms with E-state index < -0.39 is 11.8 Å². The molecule has 0 aliphatic carbocycles. The summed E-state index contributed by atoms with van der Waals surface area (Å²) in [4.78, 5) is 24.9. The number of nitrogens with zero attached hydrogens (tertiary/aromatic N) is 1. The molecule has 34 heavy (non-hydrogen) atoms. The highest BCUT2D eigenvalue weighted by Gasteiger charge is 2.14. The van der Waals surface area contributed by atoms with Gasteiger partial charge in [0.1, 0.15) is 17.4 Å². The predicted molar refractivity (Wildman–Crippen MR) is 138 cm³/mol. The summed E-state index contributed by atoms with van der Waals surface area (Å²) in [7, 11) is 0. The van der Waals surface area contributed by atoms with Crippen LogP contribution in [0, 0.1) is 11.3 Å². The summed E-state index contributed by atoms with van der Waals surface area (Å²) in [6.45, 7) is -0.323. The van der Waals surface area contributed by atoms with E-state index in [1.165, 1.54) is 12.1 Å². The second kappa shape index (κ2) is 11.9. The minimum Gasteiger partial charge on any atom is -0.483 e. The van der Waals surface area contributed by atoms with Crippen molar-refractivity contribution in [2.45, 2.75) is 0 Å². The zero-order chi connectivity index (χ0) is 24.7. The molecule has 3 aromatic rings. The summed E-state index contributed by atoms with van der Waals surface area (Å²) in [5.74, 6) is -0.780. The number of nitriles is 1. The highest BCUT2D eigenvalue weighted by Crippen LogP contribution is 2.28. The van der Waals surface area contributed by atoms with Crippen molar-refractivity contribution in [2.75, 3.05) is 17.2 Å². The van der Waals surface area contributed by atoms with E-state index in [1.807, 2.05) is 6.07 Å². The third-order valence-corrected chi connectivity index (χ3v) is 5.88. The molecule has 0 aromatic heterocycles. The molecular weight excluding hydrogens is 565 g/mol. The molecule has 2 N–H and O–H groups in total. The summed E-state index contributed by atoms with van der Waals surface area (Å²) in [6.07, 6.45) is 1.36. The van der Waals surface area contributed by atoms with Gasteiger partial charge in [0, 0.05) is 15.7 Å². The van der Waals surface area contributed by atoms with Crippen molar-refractivity contribution in [1.29, 1.82) is 5.26 Å². The Bertz CT molecular complexity index is 1320. The number of hydrogen-bond acceptors (Lipinski definition) is 4. The quantitative estimate of drug-likeness (QED) is 0.234. The van der Waals surface area contributed by atoms with E-state index in [4.69, 9.17) is 39.5 Å². The molecule has 0 spiro atoms. The van der Waals surface area contributed by atoms with Crippen LogP contribution in [0.25, 0.3) is 6.08 Å². The van der Waals surface area contributed by atoms with Crippen LogP contribution in [0.1, 0.15) is 5.56 Å². The fourth-order valence-corrected chi connectivity index (χ4v) is 3.59. The summed E-state index contributed by atoms with van der Waals surface area (Å²) in [6, 6.07) is 18.2. The fourth-order valence-electron chi connectivity index (χ4n) is 2.73. The molecule has 0 aliphatic heterocycles. The molecule has 172 valence electrons. The summed E-state index contributed by atoms with van der Waals surface area (Å²) < 4.78 is 6.33. The Kier molecular flexibility index (Phi) is 8.97. The number of carbonyl (C=O) groups is 2. The maximum absolute atomic E-state index is 12.6. The van der Waals surface area contributed by atoms with Gasteiger partial charge in [0.25, 0.3) is 11.8 Å². The largest absolute Gasteiger partial charge is 0.483 e. The number of amides is 2. The van der Waals surface area contributed by atoms with E-state index in [9.17, 15) is 14.9 Å². The number of nitrogens with one attached hydrogen (secondary N) is 2. The second-order valence-corrected chi connectivity index (χ2v) is 8.89. The Balaban J connectivity index is 1.75. The number of para-hydroxylation sites is 1. The highest BCUT2D eigenvalue weighted by molar-refractivity contribution is 9.10. The number of hydrogen-bond donors (Lipinski definition) is 2. The van der Waals surface area contributed by atoms with Crippen LogP contribution in [0.2, 0.25) is 15.1 Å². The van der Waals surface area contributed by atoms with Crippen molar-refractivity contribution >= 4 is 80.0 Å². The lowest BCUT2D eigenvalue weighted by Crippen LogP contribution is -2.20. The monoisotopic (exact) mass is 577 g/mol. The molecular formula is C24H15BrCl3N3O3. The van der Waals surface area contributed by atoms with Crippen LogP contribution in [0.3, 0.4) is 0 Å². The van der Waals surface area contributed by atoms with Crippen LogP contribution in [-0.2, 0) is 9.59 Å². The van der Waals surface area contributed by atoms with Gasteiger partial charge in [-0.25, -0.2) is 0 Å². The van der Waals surface area contributed by atoms with Gasteiger partial charge in [0.2, 0.25) is 0 Å². The molecule has 2 amide bonds. The molecule has 0 saturated heterocycles. The van der Waals surface area contributed by atoms with Gasteiger partial charge in [0.05, 0.1) is 20.8 Å². The second-order valence-electron chi connectivity index (χ2n) is 6.75. The van der Waals surface area contributed by atoms with E-state index in [0.717, 1.165) is 0 Å². The van der Waals surface area contributed by atoms with E-state index >= 15 is 0 Å². The zero-order valence-corrected chi connectivity index (χ0v) is 21.1. The van der Waals surface area contributed by atoms with Crippen molar-refractivity contribution in [2.24, 2.45) is 0 Å². The normalized spacial score (nSPS) is 10.9. The topological polar surface area (TPSA) is 91.2 Å². The van der Waals surface area contributed by atoms with Gasteiger partial charge in [-0.3, -0.25) is 9.59 Å². The minimum absolute atomic E-state index is 0.178. The molecule has 0 unspecified atom stereocenters. The van der Waals surface area contributed by atoms with Gasteiger partial charge in [-0.1, -0.05) is 62.9 Å². The first-order valence-corrected chi connectivity index (χ1v) is 11.5. The van der Waals surface area contributed by atoms with E-state index in [-0.39, 0.29) is 12.2 Å². The first kappa shape index (κ1) is 25.6. The number of halogens is 4. The zero-order valence-electron chi connectivity index (χ0n) is 17.2. The molecule has 10 heteroatoms. The summed E-state index contributed by atoms with van der Waals surface area (Å²) in [5, 5.41) is 15.8. The van der Waals surface area contributed by atoms with Crippen LogP contribution < -0.4 is 15.4 Å². The van der Waals surface area contributed by atoms with Gasteiger partial charge in [-0.2, -0.15) is 5.26 Å². The number of rotatable bonds is 7. The molecule has 0 heterocycles. The molecule has 3 aromatic carbocycles. The summed E-state index contributed by atoms with van der Waals surface area (Å²) >= 11 is 21.3. The molecule has 0 radical (unpaired) electrons. The molecule has 0 atom stereocenters. The smallest absolute Gasteiger partial charge is 0.266 e. The summed E-state index contributed by atoms with van der Waals surface area (Å²) in [5.41, 5.74) is 1.08. The Morgan fingerprint density at radius 1 is 0.971 bits per heavy atom. The van der Waals surface area contributed by atoms with E-state index in [1.54, 1.807) is 54.6 Å². The Morgan fingerprint density at radius 3 is 2.44 bits per heavy atom. The van der Waals surface area contributed by atoms with Gasteiger partial charge in [-0.05, 0) is 54.6 Å². The van der Waals surface area contributed by atoms with Crippen LogP contribution in [-0.4, -0.2) is 18.4 Å². The SMILES string of the molecule is N#C/C(=C\c1cc(Br)ccc1OCC(=O)Nc1ccc(Cl)c(Cl)c1)C(=O)Nc1ccccc1Cl. The van der Waals surface area contributed by atoms with Crippen LogP contribution >= 0.6 is 50.7 Å².